The van der Waals surface area contributed by atoms with E-state index in [1.807, 2.05) is 4.90 Å². The summed E-state index contributed by atoms with van der Waals surface area (Å²) in [7, 11) is 1.43. The molecular weight excluding hydrogens is 402 g/mol. The molecule has 2 aromatic carbocycles. The summed E-state index contributed by atoms with van der Waals surface area (Å²) in [6.45, 7) is 5.34. The topological polar surface area (TPSA) is 53.1 Å². The van der Waals surface area contributed by atoms with Crippen molar-refractivity contribution in [2.45, 2.75) is 18.9 Å². The van der Waals surface area contributed by atoms with Crippen molar-refractivity contribution >= 4 is 11.9 Å². The third-order valence-corrected chi connectivity index (χ3v) is 6.74. The molecule has 2 heterocycles. The molecule has 0 bridgehead atoms. The number of likely N-dealkylation sites (tertiary alicyclic amines) is 1. The van der Waals surface area contributed by atoms with Crippen molar-refractivity contribution in [2.75, 3.05) is 52.9 Å². The number of benzene rings is 2. The first-order valence-corrected chi connectivity index (χ1v) is 11.6. The molecule has 0 unspecified atom stereocenters. The summed E-state index contributed by atoms with van der Waals surface area (Å²) in [6, 6.07) is 21.5. The van der Waals surface area contributed by atoms with Gasteiger partial charge in [0.05, 0.1) is 25.6 Å². The highest BCUT2D eigenvalue weighted by Crippen LogP contribution is 2.29. The Hall–Kier alpha value is -2.70. The molecule has 0 radical (unpaired) electrons. The lowest BCUT2D eigenvalue weighted by molar-refractivity contribution is -0.149. The second-order valence-electron chi connectivity index (χ2n) is 8.71. The number of ether oxygens (including phenoxy) is 1. The summed E-state index contributed by atoms with van der Waals surface area (Å²) in [4.78, 5) is 31.2. The summed E-state index contributed by atoms with van der Waals surface area (Å²) in [5, 5.41) is 0. The lowest BCUT2D eigenvalue weighted by Crippen LogP contribution is -2.52. The Morgan fingerprint density at radius 3 is 1.88 bits per heavy atom. The van der Waals surface area contributed by atoms with Crippen molar-refractivity contribution in [2.24, 2.45) is 5.92 Å². The van der Waals surface area contributed by atoms with Crippen LogP contribution in [0.15, 0.2) is 60.7 Å². The molecule has 2 aromatic rings. The third kappa shape index (κ3) is 5.37. The maximum atomic E-state index is 12.8. The quantitative estimate of drug-likeness (QED) is 0.653. The molecule has 1 amide bonds. The first-order chi connectivity index (χ1) is 15.7. The van der Waals surface area contributed by atoms with E-state index in [1.54, 1.807) is 0 Å². The van der Waals surface area contributed by atoms with Gasteiger partial charge in [-0.05, 0) is 24.0 Å². The molecule has 2 aliphatic rings. The summed E-state index contributed by atoms with van der Waals surface area (Å²) in [5.41, 5.74) is 2.61. The highest BCUT2D eigenvalue weighted by atomic mass is 16.5. The maximum Gasteiger partial charge on any atom is 0.308 e. The number of amides is 1. The van der Waals surface area contributed by atoms with Gasteiger partial charge in [-0.3, -0.25) is 19.4 Å². The molecular formula is C26H33N3O3. The van der Waals surface area contributed by atoms with Gasteiger partial charge in [0.2, 0.25) is 5.91 Å². The second-order valence-corrected chi connectivity index (χ2v) is 8.71. The van der Waals surface area contributed by atoms with Crippen molar-refractivity contribution in [3.05, 3.63) is 71.8 Å². The van der Waals surface area contributed by atoms with Crippen LogP contribution < -0.4 is 0 Å². The average molecular weight is 436 g/mol. The maximum absolute atomic E-state index is 12.8. The van der Waals surface area contributed by atoms with Gasteiger partial charge in [-0.2, -0.15) is 0 Å². The van der Waals surface area contributed by atoms with E-state index in [4.69, 9.17) is 4.74 Å². The smallest absolute Gasteiger partial charge is 0.308 e. The number of carbonyl (C=O) groups excluding carboxylic acids is 2. The minimum Gasteiger partial charge on any atom is -0.469 e. The van der Waals surface area contributed by atoms with Crippen molar-refractivity contribution in [3.63, 3.8) is 0 Å². The minimum atomic E-state index is -0.153. The van der Waals surface area contributed by atoms with Crippen LogP contribution in [0.2, 0.25) is 0 Å². The SMILES string of the molecule is COC(=O)C1CCN(C(=O)CN2CCN(C(c3ccccc3)c3ccccc3)CC2)CC1. The molecule has 0 N–H and O–H groups in total. The predicted octanol–water partition coefficient (Wildman–Crippen LogP) is 2.81. The first kappa shape index (κ1) is 22.5. The highest BCUT2D eigenvalue weighted by molar-refractivity contribution is 5.79. The number of hydrogen-bond donors (Lipinski definition) is 0. The Morgan fingerprint density at radius 2 is 1.38 bits per heavy atom. The van der Waals surface area contributed by atoms with Crippen LogP contribution in [-0.4, -0.2) is 79.5 Å². The van der Waals surface area contributed by atoms with Gasteiger partial charge in [0.1, 0.15) is 0 Å². The minimum absolute atomic E-state index is 0.0690. The van der Waals surface area contributed by atoms with Crippen molar-refractivity contribution in [3.8, 4) is 0 Å². The van der Waals surface area contributed by atoms with E-state index in [9.17, 15) is 9.59 Å². The molecule has 2 fully saturated rings. The number of methoxy groups -OCH3 is 1. The zero-order valence-corrected chi connectivity index (χ0v) is 18.9. The van der Waals surface area contributed by atoms with Gasteiger partial charge in [0.25, 0.3) is 0 Å². The van der Waals surface area contributed by atoms with E-state index in [2.05, 4.69) is 70.5 Å². The summed E-state index contributed by atoms with van der Waals surface area (Å²) in [5.74, 6) is -0.0513. The highest BCUT2D eigenvalue weighted by Gasteiger charge is 2.30. The average Bonchev–Trinajstić information content (AvgIpc) is 2.86. The van der Waals surface area contributed by atoms with Gasteiger partial charge in [0, 0.05) is 39.3 Å². The van der Waals surface area contributed by atoms with Gasteiger partial charge in [-0.1, -0.05) is 60.7 Å². The van der Waals surface area contributed by atoms with Crippen molar-refractivity contribution < 1.29 is 14.3 Å². The molecule has 2 aliphatic heterocycles. The van der Waals surface area contributed by atoms with Gasteiger partial charge in [-0.25, -0.2) is 0 Å². The number of hydrogen-bond acceptors (Lipinski definition) is 5. The lowest BCUT2D eigenvalue weighted by atomic mass is 9.96. The standard InChI is InChI=1S/C26H33N3O3/c1-32-26(31)23-12-14-28(15-13-23)24(30)20-27-16-18-29(19-17-27)25(21-8-4-2-5-9-21)22-10-6-3-7-11-22/h2-11,23,25H,12-20H2,1H3. The molecule has 6 nitrogen and oxygen atoms in total. The number of piperidine rings is 1. The Bertz CT molecular complexity index is 834. The summed E-state index contributed by atoms with van der Waals surface area (Å²) >= 11 is 0. The molecule has 6 heteroatoms. The van der Waals surface area contributed by atoms with Crippen LogP contribution in [0.3, 0.4) is 0 Å². The van der Waals surface area contributed by atoms with E-state index in [-0.39, 0.29) is 23.8 Å². The van der Waals surface area contributed by atoms with Gasteiger partial charge >= 0.3 is 5.97 Å². The van der Waals surface area contributed by atoms with Crippen molar-refractivity contribution in [1.82, 2.24) is 14.7 Å². The van der Waals surface area contributed by atoms with Gasteiger partial charge < -0.3 is 9.64 Å². The number of rotatable bonds is 6. The monoisotopic (exact) mass is 435 g/mol. The van der Waals surface area contributed by atoms with E-state index >= 15 is 0 Å². The molecule has 0 aromatic heterocycles. The zero-order chi connectivity index (χ0) is 22.3. The fourth-order valence-electron chi connectivity index (χ4n) is 4.89. The molecule has 0 saturated carbocycles. The molecule has 32 heavy (non-hydrogen) atoms. The van der Waals surface area contributed by atoms with Gasteiger partial charge in [0.15, 0.2) is 0 Å². The summed E-state index contributed by atoms with van der Waals surface area (Å²) < 4.78 is 4.84. The van der Waals surface area contributed by atoms with E-state index in [0.29, 0.717) is 32.5 Å². The fraction of sp³-hybridized carbons (Fsp3) is 0.462. The molecule has 0 spiro atoms. The van der Waals surface area contributed by atoms with Crippen LogP contribution in [0.1, 0.15) is 30.0 Å². The lowest BCUT2D eigenvalue weighted by Gasteiger charge is -2.40. The number of carbonyl (C=O) groups is 2. The van der Waals surface area contributed by atoms with E-state index in [0.717, 1.165) is 26.2 Å². The molecule has 0 aliphatic carbocycles. The number of esters is 1. The molecule has 0 atom stereocenters. The van der Waals surface area contributed by atoms with Crippen LogP contribution in [0.25, 0.3) is 0 Å². The Balaban J connectivity index is 1.32. The fourth-order valence-corrected chi connectivity index (χ4v) is 4.89. The van der Waals surface area contributed by atoms with Crippen LogP contribution >= 0.6 is 0 Å². The summed E-state index contributed by atoms with van der Waals surface area (Å²) in [6.07, 6.45) is 1.39. The number of piperazine rings is 1. The van der Waals surface area contributed by atoms with Crippen LogP contribution in [0.5, 0.6) is 0 Å². The van der Waals surface area contributed by atoms with Crippen LogP contribution in [0, 0.1) is 5.92 Å². The largest absolute Gasteiger partial charge is 0.469 e. The Kier molecular flexibility index (Phi) is 7.55. The van der Waals surface area contributed by atoms with Gasteiger partial charge in [-0.15, -0.1) is 0 Å². The predicted molar refractivity (Wildman–Crippen MR) is 124 cm³/mol. The normalized spacial score (nSPS) is 18.6. The van der Waals surface area contributed by atoms with E-state index in [1.165, 1.54) is 18.2 Å². The number of nitrogens with zero attached hydrogens (tertiary/aromatic N) is 3. The van der Waals surface area contributed by atoms with Crippen molar-refractivity contribution in [1.29, 1.82) is 0 Å². The molecule has 4 rings (SSSR count). The first-order valence-electron chi connectivity index (χ1n) is 11.6. The van der Waals surface area contributed by atoms with E-state index < -0.39 is 0 Å². The third-order valence-electron chi connectivity index (χ3n) is 6.74. The Labute approximate surface area is 190 Å². The Morgan fingerprint density at radius 1 is 0.844 bits per heavy atom. The van der Waals surface area contributed by atoms with Crippen LogP contribution in [-0.2, 0) is 14.3 Å². The molecule has 170 valence electrons. The zero-order valence-electron chi connectivity index (χ0n) is 18.9. The van der Waals surface area contributed by atoms with Crippen LogP contribution in [0.4, 0.5) is 0 Å². The second kappa shape index (κ2) is 10.7. The molecule has 2 saturated heterocycles.